The number of halogens is 3. The molecule has 0 bridgehead atoms. The van der Waals surface area contributed by atoms with Crippen molar-refractivity contribution in [1.29, 1.82) is 0 Å². The predicted molar refractivity (Wildman–Crippen MR) is 169 cm³/mol. The number of benzene rings is 2. The van der Waals surface area contributed by atoms with Crippen LogP contribution in [0.2, 0.25) is 0 Å². The van der Waals surface area contributed by atoms with Crippen LogP contribution in [0.25, 0.3) is 31.9 Å². The van der Waals surface area contributed by atoms with Crippen LogP contribution in [0.15, 0.2) is 70.1 Å². The molecule has 9 nitrogen and oxygen atoms in total. The Kier molecular flexibility index (Phi) is 7.12. The number of carbonyl (C=O) groups is 1. The molecule has 6 aromatic rings. The fourth-order valence-electron chi connectivity index (χ4n) is 6.53. The minimum Gasteiger partial charge on any atom is -0.365 e. The summed E-state index contributed by atoms with van der Waals surface area (Å²) in [6.07, 6.45) is 4.26. The molecule has 0 radical (unpaired) electrons. The zero-order valence-corrected chi connectivity index (χ0v) is 25.5. The molecule has 47 heavy (non-hydrogen) atoms. The lowest BCUT2D eigenvalue weighted by Crippen LogP contribution is -2.22. The van der Waals surface area contributed by atoms with Gasteiger partial charge >= 0.3 is 5.76 Å². The van der Waals surface area contributed by atoms with Gasteiger partial charge in [0, 0.05) is 29.7 Å². The van der Waals surface area contributed by atoms with Gasteiger partial charge in [-0.25, -0.2) is 22.9 Å². The lowest BCUT2D eigenvalue weighted by molar-refractivity contribution is 0.0776. The minimum atomic E-state index is -0.931. The molecule has 13 heteroatoms. The van der Waals surface area contributed by atoms with Crippen LogP contribution in [0.1, 0.15) is 51.8 Å². The molecule has 1 atom stereocenters. The number of fused-ring (bicyclic) bond motifs is 4. The molecule has 2 N–H and O–H groups in total. The molecule has 0 spiro atoms. The summed E-state index contributed by atoms with van der Waals surface area (Å²) in [4.78, 5) is 41.1. The monoisotopic (exact) mass is 654 g/mol. The summed E-state index contributed by atoms with van der Waals surface area (Å²) in [6, 6.07) is 13.6. The number of aromatic amines is 1. The predicted octanol–water partition coefficient (Wildman–Crippen LogP) is 6.81. The van der Waals surface area contributed by atoms with Gasteiger partial charge in [-0.3, -0.25) is 19.3 Å². The van der Waals surface area contributed by atoms with Gasteiger partial charge in [-0.05, 0) is 78.6 Å². The molecule has 0 unspecified atom stereocenters. The van der Waals surface area contributed by atoms with E-state index in [2.05, 4.69) is 20.4 Å². The highest BCUT2D eigenvalue weighted by Gasteiger charge is 2.44. The lowest BCUT2D eigenvalue weighted by atomic mass is 9.92. The Hall–Kier alpha value is -5.30. The highest BCUT2D eigenvalue weighted by Crippen LogP contribution is 2.50. The second kappa shape index (κ2) is 11.5. The third kappa shape index (κ3) is 5.16. The van der Waals surface area contributed by atoms with Crippen molar-refractivity contribution >= 4 is 33.1 Å². The highest BCUT2D eigenvalue weighted by atomic mass is 32.1. The van der Waals surface area contributed by atoms with E-state index in [9.17, 15) is 22.8 Å². The van der Waals surface area contributed by atoms with Crippen molar-refractivity contribution in [2.45, 2.75) is 38.3 Å². The van der Waals surface area contributed by atoms with Crippen molar-refractivity contribution in [2.24, 2.45) is 0 Å². The lowest BCUT2D eigenvalue weighted by Gasteiger charge is -2.16. The van der Waals surface area contributed by atoms with E-state index in [0.29, 0.717) is 58.8 Å². The summed E-state index contributed by atoms with van der Waals surface area (Å²) in [7, 11) is 0. The van der Waals surface area contributed by atoms with Crippen molar-refractivity contribution < 1.29 is 22.5 Å². The molecule has 236 valence electrons. The van der Waals surface area contributed by atoms with Gasteiger partial charge in [-0.15, -0.1) is 11.3 Å². The topological polar surface area (TPSA) is 117 Å². The Morgan fingerprint density at radius 2 is 1.79 bits per heavy atom. The Balaban J connectivity index is 1.28. The number of hydrogen-bond donors (Lipinski definition) is 2. The van der Waals surface area contributed by atoms with E-state index in [4.69, 9.17) is 9.51 Å². The second-order valence-corrected chi connectivity index (χ2v) is 12.6. The van der Waals surface area contributed by atoms with Crippen molar-refractivity contribution in [2.75, 3.05) is 11.9 Å². The van der Waals surface area contributed by atoms with Crippen molar-refractivity contribution in [3.05, 3.63) is 117 Å². The van der Waals surface area contributed by atoms with Crippen LogP contribution in [0.3, 0.4) is 0 Å². The number of amides is 1. The van der Waals surface area contributed by atoms with E-state index in [1.807, 2.05) is 17.0 Å². The third-order valence-corrected chi connectivity index (χ3v) is 9.88. The summed E-state index contributed by atoms with van der Waals surface area (Å²) in [5.74, 6) is -2.36. The number of aryl methyl sites for hydroxylation is 2. The molecule has 6 heterocycles. The molecule has 1 fully saturated rings. The number of H-pyrrole nitrogens is 1. The number of carbonyl (C=O) groups excluding carboxylic acids is 1. The average Bonchev–Trinajstić information content (AvgIpc) is 3.87. The third-order valence-electron chi connectivity index (χ3n) is 8.71. The van der Waals surface area contributed by atoms with Gasteiger partial charge in [0.15, 0.2) is 17.5 Å². The number of nitrogens with one attached hydrogen (secondary N) is 2. The van der Waals surface area contributed by atoms with Crippen LogP contribution < -0.4 is 11.1 Å². The fraction of sp³-hybridized carbons (Fsp3) is 0.206. The van der Waals surface area contributed by atoms with E-state index < -0.39 is 17.4 Å². The summed E-state index contributed by atoms with van der Waals surface area (Å²) in [6.45, 7) is 0.823. The standard InChI is InChI=1S/C34H25F3N6O3S/c35-20-7-3-17(4-8-20)6-10-23-26(31-41-34(45)46-42-31)27(28-29(40-23)24-2-1-13-43(24)33(28)44)25-15-19-11-12-38-32(30(19)47-25)39-16-18-5-9-21(36)22(37)14-18/h3-5,7-9,11-12,14-15,24H,1-2,6,10,13,16H2,(H,38,39)(H,41,42,45)/t24-/m0/s1. The van der Waals surface area contributed by atoms with Crippen LogP contribution >= 0.6 is 11.3 Å². The largest absolute Gasteiger partial charge is 0.439 e. The van der Waals surface area contributed by atoms with Crippen LogP contribution in [-0.2, 0) is 19.4 Å². The SMILES string of the molecule is O=C1c2c(nc(CCc3ccc(F)cc3)c(-c3noc(=O)[nH]3)c2-c2cc3ccnc(NCc4ccc(F)c(F)c4)c3s2)[C@@H]2CCCN12. The van der Waals surface area contributed by atoms with E-state index >= 15 is 0 Å². The maximum absolute atomic E-state index is 14.0. The first kappa shape index (κ1) is 29.1. The highest BCUT2D eigenvalue weighted by molar-refractivity contribution is 7.23. The number of rotatable bonds is 8. The maximum atomic E-state index is 14.0. The molecule has 2 aromatic carbocycles. The van der Waals surface area contributed by atoms with Crippen LogP contribution in [0.5, 0.6) is 0 Å². The maximum Gasteiger partial charge on any atom is 0.439 e. The van der Waals surface area contributed by atoms with Crippen LogP contribution in [0, 0.1) is 17.5 Å². The molecule has 0 saturated carbocycles. The molecule has 2 aliphatic rings. The van der Waals surface area contributed by atoms with Crippen molar-refractivity contribution in [1.82, 2.24) is 25.0 Å². The number of thiophene rings is 1. The van der Waals surface area contributed by atoms with Gasteiger partial charge in [-0.2, -0.15) is 0 Å². The van der Waals surface area contributed by atoms with Gasteiger partial charge in [0.2, 0.25) is 0 Å². The van der Waals surface area contributed by atoms with Gasteiger partial charge < -0.3 is 10.2 Å². The zero-order chi connectivity index (χ0) is 32.2. The van der Waals surface area contributed by atoms with Crippen molar-refractivity contribution in [3.8, 4) is 21.8 Å². The Morgan fingerprint density at radius 1 is 0.957 bits per heavy atom. The Morgan fingerprint density at radius 3 is 2.57 bits per heavy atom. The molecular weight excluding hydrogens is 629 g/mol. The number of hydrogen-bond acceptors (Lipinski definition) is 8. The number of pyridine rings is 2. The molecule has 8 rings (SSSR count). The number of anilines is 1. The van der Waals surface area contributed by atoms with E-state index in [1.165, 1.54) is 29.5 Å². The fourth-order valence-corrected chi connectivity index (χ4v) is 7.71. The molecule has 0 aliphatic carbocycles. The first-order valence-corrected chi connectivity index (χ1v) is 15.9. The van der Waals surface area contributed by atoms with E-state index in [-0.39, 0.29) is 30.1 Å². The van der Waals surface area contributed by atoms with Crippen LogP contribution in [-0.4, -0.2) is 37.5 Å². The van der Waals surface area contributed by atoms with Crippen molar-refractivity contribution in [3.63, 3.8) is 0 Å². The van der Waals surface area contributed by atoms with Gasteiger partial charge in [0.05, 0.1) is 33.3 Å². The molecule has 2 aliphatic heterocycles. The van der Waals surface area contributed by atoms with Gasteiger partial charge in [-0.1, -0.05) is 23.4 Å². The Labute approximate surface area is 269 Å². The quantitative estimate of drug-likeness (QED) is 0.185. The zero-order valence-electron chi connectivity index (χ0n) is 24.6. The molecule has 1 amide bonds. The summed E-state index contributed by atoms with van der Waals surface area (Å²) in [5, 5.41) is 8.11. The number of nitrogens with zero attached hydrogens (tertiary/aromatic N) is 4. The Bertz CT molecular complexity index is 2250. The summed E-state index contributed by atoms with van der Waals surface area (Å²) >= 11 is 1.40. The van der Waals surface area contributed by atoms with Gasteiger partial charge in [0.25, 0.3) is 5.91 Å². The number of aromatic nitrogens is 4. The smallest absolute Gasteiger partial charge is 0.365 e. The van der Waals surface area contributed by atoms with E-state index in [0.717, 1.165) is 45.5 Å². The van der Waals surface area contributed by atoms with Crippen LogP contribution in [0.4, 0.5) is 19.0 Å². The first-order valence-electron chi connectivity index (χ1n) is 15.1. The summed E-state index contributed by atoms with van der Waals surface area (Å²) in [5.41, 5.74) is 4.32. The minimum absolute atomic E-state index is 0.130. The average molecular weight is 655 g/mol. The van der Waals surface area contributed by atoms with Gasteiger partial charge in [0.1, 0.15) is 11.6 Å². The molecule has 4 aromatic heterocycles. The summed E-state index contributed by atoms with van der Waals surface area (Å²) < 4.78 is 46.7. The first-order chi connectivity index (χ1) is 22.8. The van der Waals surface area contributed by atoms with E-state index in [1.54, 1.807) is 18.3 Å². The molecule has 1 saturated heterocycles. The molecular formula is C34H25F3N6O3S. The normalized spacial score (nSPS) is 15.4. The second-order valence-electron chi connectivity index (χ2n) is 11.6.